The van der Waals surface area contributed by atoms with Crippen LogP contribution >= 0.6 is 11.3 Å². The number of aromatic nitrogens is 1. The van der Waals surface area contributed by atoms with Gasteiger partial charge in [0.15, 0.2) is 5.13 Å². The van der Waals surface area contributed by atoms with Crippen molar-refractivity contribution in [1.82, 2.24) is 4.98 Å². The van der Waals surface area contributed by atoms with E-state index in [-0.39, 0.29) is 5.13 Å². The lowest BCUT2D eigenvalue weighted by atomic mass is 10.1. The Morgan fingerprint density at radius 2 is 1.77 bits per heavy atom. The number of nitrogens with one attached hydrogen (secondary N) is 2. The first-order valence-electron chi connectivity index (χ1n) is 8.14. The molecule has 0 fully saturated rings. The van der Waals surface area contributed by atoms with E-state index < -0.39 is 39.9 Å². The summed E-state index contributed by atoms with van der Waals surface area (Å²) >= 11 is 1.08. The van der Waals surface area contributed by atoms with Gasteiger partial charge >= 0.3 is 12.1 Å². The maximum Gasteiger partial charge on any atom is 0.471 e. The quantitative estimate of drug-likeness (QED) is 0.452. The molecule has 0 unspecified atom stereocenters. The van der Waals surface area contributed by atoms with Crippen molar-refractivity contribution >= 4 is 39.7 Å². The van der Waals surface area contributed by atoms with Gasteiger partial charge in [0.1, 0.15) is 0 Å². The first-order chi connectivity index (χ1) is 14.1. The molecule has 0 radical (unpaired) electrons. The number of anilines is 2. The summed E-state index contributed by atoms with van der Waals surface area (Å²) in [5, 5.41) is 16.7. The summed E-state index contributed by atoms with van der Waals surface area (Å²) in [5.41, 5.74) is -0.268. The number of halogens is 3. The summed E-state index contributed by atoms with van der Waals surface area (Å²) in [7, 11) is 0. The van der Waals surface area contributed by atoms with Crippen molar-refractivity contribution < 1.29 is 27.7 Å². The highest BCUT2D eigenvalue weighted by atomic mass is 32.1. The third-order valence-corrected chi connectivity index (χ3v) is 4.52. The van der Waals surface area contributed by atoms with Gasteiger partial charge < -0.3 is 5.32 Å². The zero-order valence-electron chi connectivity index (χ0n) is 14.8. The minimum absolute atomic E-state index is 0.158. The Labute approximate surface area is 170 Å². The number of carbonyl (C=O) groups is 2. The van der Waals surface area contributed by atoms with Crippen molar-refractivity contribution in [1.29, 1.82) is 0 Å². The van der Waals surface area contributed by atoms with Gasteiger partial charge in [-0.1, -0.05) is 30.3 Å². The molecular formula is C18H11F3N4O4S. The second-order valence-corrected chi connectivity index (χ2v) is 6.66. The SMILES string of the molecule is O=C(Nc1nc(-c2ccccc2)cs1)c1ccc([N+](=O)[O-])cc1NC(=O)C(F)(F)F. The molecular weight excluding hydrogens is 425 g/mol. The van der Waals surface area contributed by atoms with Gasteiger partial charge in [-0.2, -0.15) is 13.2 Å². The number of hydrogen-bond donors (Lipinski definition) is 2. The van der Waals surface area contributed by atoms with Crippen LogP contribution in [-0.4, -0.2) is 27.9 Å². The topological polar surface area (TPSA) is 114 Å². The van der Waals surface area contributed by atoms with E-state index in [0.717, 1.165) is 29.0 Å². The van der Waals surface area contributed by atoms with Crippen LogP contribution in [0.25, 0.3) is 11.3 Å². The number of alkyl halides is 3. The molecule has 1 heterocycles. The zero-order valence-corrected chi connectivity index (χ0v) is 15.6. The lowest BCUT2D eigenvalue weighted by Crippen LogP contribution is -2.31. The highest BCUT2D eigenvalue weighted by Gasteiger charge is 2.39. The third-order valence-electron chi connectivity index (χ3n) is 3.76. The van der Waals surface area contributed by atoms with Crippen LogP contribution in [0, 0.1) is 10.1 Å². The summed E-state index contributed by atoms with van der Waals surface area (Å²) in [6.45, 7) is 0. The van der Waals surface area contributed by atoms with Gasteiger partial charge in [-0.25, -0.2) is 4.98 Å². The van der Waals surface area contributed by atoms with Gasteiger partial charge in [0.2, 0.25) is 0 Å². The second-order valence-electron chi connectivity index (χ2n) is 5.80. The smallest absolute Gasteiger partial charge is 0.317 e. The van der Waals surface area contributed by atoms with E-state index in [2.05, 4.69) is 10.3 Å². The molecule has 0 aliphatic rings. The van der Waals surface area contributed by atoms with E-state index in [1.807, 2.05) is 18.2 Å². The van der Waals surface area contributed by atoms with E-state index in [1.54, 1.807) is 17.5 Å². The molecule has 30 heavy (non-hydrogen) atoms. The van der Waals surface area contributed by atoms with Crippen molar-refractivity contribution in [3.05, 3.63) is 69.6 Å². The van der Waals surface area contributed by atoms with Gasteiger partial charge in [-0.3, -0.25) is 25.0 Å². The third kappa shape index (κ3) is 4.78. The van der Waals surface area contributed by atoms with Crippen LogP contribution in [0.3, 0.4) is 0 Å². The number of carbonyl (C=O) groups excluding carboxylic acids is 2. The summed E-state index contributed by atoms with van der Waals surface area (Å²) in [6.07, 6.45) is -5.24. The number of nitro benzene ring substituents is 1. The Bertz CT molecular complexity index is 1120. The van der Waals surface area contributed by atoms with Crippen LogP contribution in [0.2, 0.25) is 0 Å². The van der Waals surface area contributed by atoms with E-state index in [4.69, 9.17) is 0 Å². The average molecular weight is 436 g/mol. The number of nitro groups is 1. The number of rotatable bonds is 5. The fraction of sp³-hybridized carbons (Fsp3) is 0.0556. The summed E-state index contributed by atoms with van der Waals surface area (Å²) in [6, 6.07) is 11.6. The molecule has 2 aromatic carbocycles. The van der Waals surface area contributed by atoms with Crippen molar-refractivity contribution in [3.63, 3.8) is 0 Å². The fourth-order valence-corrected chi connectivity index (χ4v) is 3.09. The maximum absolute atomic E-state index is 12.6. The van der Waals surface area contributed by atoms with Crippen molar-refractivity contribution in [3.8, 4) is 11.3 Å². The van der Waals surface area contributed by atoms with Gasteiger partial charge in [0.05, 0.1) is 21.9 Å². The minimum Gasteiger partial charge on any atom is -0.317 e. The maximum atomic E-state index is 12.6. The normalized spacial score (nSPS) is 11.0. The number of non-ortho nitro benzene ring substituents is 1. The molecule has 2 N–H and O–H groups in total. The Hall–Kier alpha value is -3.80. The standard InChI is InChI=1S/C18H11F3N4O4S/c19-18(20,21)16(27)22-13-8-11(25(28)29)6-7-12(13)15(26)24-17-23-14(9-30-17)10-4-2-1-3-5-10/h1-9H,(H,22,27)(H,23,24,26). The lowest BCUT2D eigenvalue weighted by molar-refractivity contribution is -0.384. The van der Waals surface area contributed by atoms with E-state index in [1.165, 1.54) is 5.32 Å². The van der Waals surface area contributed by atoms with Crippen LogP contribution in [-0.2, 0) is 4.79 Å². The Morgan fingerprint density at radius 3 is 2.40 bits per heavy atom. The van der Waals surface area contributed by atoms with Crippen LogP contribution in [0.5, 0.6) is 0 Å². The van der Waals surface area contributed by atoms with Gasteiger partial charge in [0, 0.05) is 23.1 Å². The summed E-state index contributed by atoms with van der Waals surface area (Å²) < 4.78 is 37.7. The molecule has 0 aliphatic carbocycles. The molecule has 0 saturated carbocycles. The molecule has 0 bridgehead atoms. The van der Waals surface area contributed by atoms with Crippen molar-refractivity contribution in [2.45, 2.75) is 6.18 Å². The monoisotopic (exact) mass is 436 g/mol. The largest absolute Gasteiger partial charge is 0.471 e. The molecule has 3 rings (SSSR count). The molecule has 1 aromatic heterocycles. The Balaban J connectivity index is 1.87. The average Bonchev–Trinajstić information content (AvgIpc) is 3.16. The molecule has 0 aliphatic heterocycles. The van der Waals surface area contributed by atoms with Crippen LogP contribution < -0.4 is 10.6 Å². The summed E-state index contributed by atoms with van der Waals surface area (Å²) in [4.78, 5) is 38.1. The first-order valence-corrected chi connectivity index (χ1v) is 9.02. The van der Waals surface area contributed by atoms with Gasteiger partial charge in [-0.05, 0) is 6.07 Å². The lowest BCUT2D eigenvalue weighted by Gasteiger charge is -2.12. The van der Waals surface area contributed by atoms with Crippen LogP contribution in [0.1, 0.15) is 10.4 Å². The first kappa shape index (κ1) is 20.9. The van der Waals surface area contributed by atoms with Crippen LogP contribution in [0.4, 0.5) is 29.7 Å². The number of benzene rings is 2. The number of nitrogens with zero attached hydrogens (tertiary/aromatic N) is 2. The van der Waals surface area contributed by atoms with E-state index in [9.17, 15) is 32.9 Å². The number of thiazole rings is 1. The molecule has 3 aromatic rings. The molecule has 0 atom stereocenters. The van der Waals surface area contributed by atoms with E-state index in [0.29, 0.717) is 11.8 Å². The van der Waals surface area contributed by atoms with E-state index >= 15 is 0 Å². The number of amides is 2. The number of hydrogen-bond acceptors (Lipinski definition) is 6. The Morgan fingerprint density at radius 1 is 1.07 bits per heavy atom. The van der Waals surface area contributed by atoms with Crippen molar-refractivity contribution in [2.75, 3.05) is 10.6 Å². The van der Waals surface area contributed by atoms with Gasteiger partial charge in [0.25, 0.3) is 11.6 Å². The molecule has 8 nitrogen and oxygen atoms in total. The van der Waals surface area contributed by atoms with Crippen molar-refractivity contribution in [2.24, 2.45) is 0 Å². The second kappa shape index (κ2) is 8.29. The predicted octanol–water partition coefficient (Wildman–Crippen LogP) is 4.47. The van der Waals surface area contributed by atoms with Gasteiger partial charge in [-0.15, -0.1) is 11.3 Å². The zero-order chi connectivity index (χ0) is 21.9. The molecule has 12 heteroatoms. The Kier molecular flexibility index (Phi) is 5.78. The highest BCUT2D eigenvalue weighted by molar-refractivity contribution is 7.14. The molecule has 154 valence electrons. The predicted molar refractivity (Wildman–Crippen MR) is 103 cm³/mol. The molecule has 0 spiro atoms. The van der Waals surface area contributed by atoms with Crippen LogP contribution in [0.15, 0.2) is 53.9 Å². The molecule has 0 saturated heterocycles. The highest BCUT2D eigenvalue weighted by Crippen LogP contribution is 2.28. The summed E-state index contributed by atoms with van der Waals surface area (Å²) in [5.74, 6) is -3.26. The fourth-order valence-electron chi connectivity index (χ4n) is 2.38. The minimum atomic E-state index is -5.24. The molecule has 2 amide bonds.